The summed E-state index contributed by atoms with van der Waals surface area (Å²) in [5.74, 6) is 0.770. The van der Waals surface area contributed by atoms with Crippen molar-refractivity contribution in [3.63, 3.8) is 0 Å². The van der Waals surface area contributed by atoms with E-state index in [0.717, 1.165) is 31.6 Å². The van der Waals surface area contributed by atoms with E-state index in [1.807, 2.05) is 0 Å². The largest absolute Gasteiger partial charge is 0.382 e. The summed E-state index contributed by atoms with van der Waals surface area (Å²) in [7, 11) is 1.71. The van der Waals surface area contributed by atoms with Gasteiger partial charge in [0, 0.05) is 19.8 Å². The van der Waals surface area contributed by atoms with Crippen molar-refractivity contribution in [1.82, 2.24) is 5.32 Å². The fraction of sp³-hybridized carbons (Fsp3) is 1.00. The molecule has 1 saturated carbocycles. The molecular formula is C13H27NO2. The van der Waals surface area contributed by atoms with Crippen LogP contribution in [-0.2, 0) is 9.47 Å². The molecular weight excluding hydrogens is 202 g/mol. The van der Waals surface area contributed by atoms with Crippen LogP contribution in [-0.4, -0.2) is 39.5 Å². The summed E-state index contributed by atoms with van der Waals surface area (Å²) in [5, 5.41) is 3.62. The highest BCUT2D eigenvalue weighted by Crippen LogP contribution is 2.18. The van der Waals surface area contributed by atoms with Gasteiger partial charge < -0.3 is 14.8 Å². The van der Waals surface area contributed by atoms with Gasteiger partial charge >= 0.3 is 0 Å². The SMILES string of the molecule is COCCOCCCC(C)CNC1CCC1. The van der Waals surface area contributed by atoms with Crippen LogP contribution in [0.25, 0.3) is 0 Å². The van der Waals surface area contributed by atoms with E-state index in [1.54, 1.807) is 7.11 Å². The minimum Gasteiger partial charge on any atom is -0.382 e. The third kappa shape index (κ3) is 6.46. The topological polar surface area (TPSA) is 30.5 Å². The zero-order chi connectivity index (χ0) is 11.6. The maximum atomic E-state index is 5.44. The van der Waals surface area contributed by atoms with E-state index in [2.05, 4.69) is 12.2 Å². The Morgan fingerprint density at radius 1 is 1.25 bits per heavy atom. The molecule has 0 aromatic rings. The molecule has 96 valence electrons. The Hall–Kier alpha value is -0.120. The molecule has 1 atom stereocenters. The van der Waals surface area contributed by atoms with Crippen molar-refractivity contribution in [3.8, 4) is 0 Å². The van der Waals surface area contributed by atoms with E-state index in [-0.39, 0.29) is 0 Å². The minimum absolute atomic E-state index is 0.707. The van der Waals surface area contributed by atoms with E-state index in [1.165, 1.54) is 32.2 Å². The summed E-state index contributed by atoms with van der Waals surface area (Å²) in [6.45, 7) is 5.80. The van der Waals surface area contributed by atoms with Crippen molar-refractivity contribution in [1.29, 1.82) is 0 Å². The smallest absolute Gasteiger partial charge is 0.0700 e. The molecule has 16 heavy (non-hydrogen) atoms. The number of hydrogen-bond donors (Lipinski definition) is 1. The fourth-order valence-electron chi connectivity index (χ4n) is 1.86. The molecule has 0 radical (unpaired) electrons. The zero-order valence-corrected chi connectivity index (χ0v) is 10.8. The highest BCUT2D eigenvalue weighted by Gasteiger charge is 2.16. The number of nitrogens with one attached hydrogen (secondary N) is 1. The molecule has 3 heteroatoms. The van der Waals surface area contributed by atoms with Gasteiger partial charge in [0.05, 0.1) is 13.2 Å². The summed E-state index contributed by atoms with van der Waals surface area (Å²) in [5.41, 5.74) is 0. The van der Waals surface area contributed by atoms with Crippen LogP contribution in [0.1, 0.15) is 39.0 Å². The van der Waals surface area contributed by atoms with Crippen molar-refractivity contribution in [2.24, 2.45) is 5.92 Å². The van der Waals surface area contributed by atoms with Gasteiger partial charge in [0.1, 0.15) is 0 Å². The summed E-state index contributed by atoms with van der Waals surface area (Å²) in [4.78, 5) is 0. The molecule has 1 fully saturated rings. The minimum atomic E-state index is 0.707. The lowest BCUT2D eigenvalue weighted by Gasteiger charge is -2.28. The molecule has 0 heterocycles. The monoisotopic (exact) mass is 229 g/mol. The third-order valence-corrected chi connectivity index (χ3v) is 3.28. The van der Waals surface area contributed by atoms with E-state index in [0.29, 0.717) is 6.61 Å². The molecule has 1 aliphatic rings. The average molecular weight is 229 g/mol. The van der Waals surface area contributed by atoms with Crippen molar-refractivity contribution in [2.75, 3.05) is 33.5 Å². The first-order valence-corrected chi connectivity index (χ1v) is 6.63. The van der Waals surface area contributed by atoms with Gasteiger partial charge in [0.15, 0.2) is 0 Å². The second-order valence-corrected chi connectivity index (χ2v) is 4.89. The van der Waals surface area contributed by atoms with Crippen LogP contribution >= 0.6 is 0 Å². The van der Waals surface area contributed by atoms with E-state index >= 15 is 0 Å². The van der Waals surface area contributed by atoms with Crippen molar-refractivity contribution in [2.45, 2.75) is 45.1 Å². The lowest BCUT2D eigenvalue weighted by molar-refractivity contribution is 0.0673. The first-order chi connectivity index (χ1) is 7.83. The molecule has 1 unspecified atom stereocenters. The van der Waals surface area contributed by atoms with Gasteiger partial charge in [-0.25, -0.2) is 0 Å². The molecule has 0 aromatic heterocycles. The fourth-order valence-corrected chi connectivity index (χ4v) is 1.86. The molecule has 0 aliphatic heterocycles. The Labute approximate surface area is 99.9 Å². The van der Waals surface area contributed by atoms with Crippen LogP contribution in [0.4, 0.5) is 0 Å². The molecule has 0 saturated heterocycles. The van der Waals surface area contributed by atoms with E-state index in [9.17, 15) is 0 Å². The Balaban J connectivity index is 1.80. The molecule has 1 N–H and O–H groups in total. The van der Waals surface area contributed by atoms with E-state index < -0.39 is 0 Å². The normalized spacial score (nSPS) is 18.4. The first kappa shape index (κ1) is 13.9. The van der Waals surface area contributed by atoms with Gasteiger partial charge in [0.2, 0.25) is 0 Å². The van der Waals surface area contributed by atoms with Gasteiger partial charge in [0.25, 0.3) is 0 Å². The maximum Gasteiger partial charge on any atom is 0.0700 e. The second kappa shape index (κ2) is 8.97. The molecule has 1 rings (SSSR count). The number of hydrogen-bond acceptors (Lipinski definition) is 3. The van der Waals surface area contributed by atoms with Crippen molar-refractivity contribution < 1.29 is 9.47 Å². The lowest BCUT2D eigenvalue weighted by atomic mass is 9.92. The van der Waals surface area contributed by atoms with Crippen LogP contribution in [0.3, 0.4) is 0 Å². The Kier molecular flexibility index (Phi) is 7.81. The molecule has 0 aromatic carbocycles. The Morgan fingerprint density at radius 3 is 2.69 bits per heavy atom. The van der Waals surface area contributed by atoms with Crippen LogP contribution in [0.2, 0.25) is 0 Å². The Bertz CT molecular complexity index is 160. The molecule has 3 nitrogen and oxygen atoms in total. The number of rotatable bonds is 10. The zero-order valence-electron chi connectivity index (χ0n) is 10.8. The quantitative estimate of drug-likeness (QED) is 0.583. The van der Waals surface area contributed by atoms with Crippen LogP contribution in [0.5, 0.6) is 0 Å². The molecule has 0 amide bonds. The summed E-state index contributed by atoms with van der Waals surface area (Å²) in [6, 6.07) is 0.820. The van der Waals surface area contributed by atoms with Crippen LogP contribution < -0.4 is 5.32 Å². The summed E-state index contributed by atoms with van der Waals surface area (Å²) in [6.07, 6.45) is 6.60. The van der Waals surface area contributed by atoms with Crippen molar-refractivity contribution >= 4 is 0 Å². The predicted molar refractivity (Wildman–Crippen MR) is 66.7 cm³/mol. The van der Waals surface area contributed by atoms with Gasteiger partial charge in [-0.3, -0.25) is 0 Å². The Morgan fingerprint density at radius 2 is 2.06 bits per heavy atom. The maximum absolute atomic E-state index is 5.44. The van der Waals surface area contributed by atoms with Gasteiger partial charge in [-0.15, -0.1) is 0 Å². The van der Waals surface area contributed by atoms with E-state index in [4.69, 9.17) is 9.47 Å². The lowest BCUT2D eigenvalue weighted by Crippen LogP contribution is -2.37. The van der Waals surface area contributed by atoms with Crippen molar-refractivity contribution in [3.05, 3.63) is 0 Å². The third-order valence-electron chi connectivity index (χ3n) is 3.28. The van der Waals surface area contributed by atoms with Crippen LogP contribution in [0, 0.1) is 5.92 Å². The summed E-state index contributed by atoms with van der Waals surface area (Å²) >= 11 is 0. The average Bonchev–Trinajstić information content (AvgIpc) is 2.21. The molecule has 0 spiro atoms. The highest BCUT2D eigenvalue weighted by atomic mass is 16.5. The number of methoxy groups -OCH3 is 1. The summed E-state index contributed by atoms with van der Waals surface area (Å²) < 4.78 is 10.4. The second-order valence-electron chi connectivity index (χ2n) is 4.89. The first-order valence-electron chi connectivity index (χ1n) is 6.63. The van der Waals surface area contributed by atoms with Crippen LogP contribution in [0.15, 0.2) is 0 Å². The highest BCUT2D eigenvalue weighted by molar-refractivity contribution is 4.76. The standard InChI is InChI=1S/C13H27NO2/c1-12(11-14-13-6-3-7-13)5-4-8-16-10-9-15-2/h12-14H,3-11H2,1-2H3. The van der Waals surface area contributed by atoms with Gasteiger partial charge in [-0.05, 0) is 38.1 Å². The molecule has 0 bridgehead atoms. The van der Waals surface area contributed by atoms with Gasteiger partial charge in [-0.2, -0.15) is 0 Å². The number of ether oxygens (including phenoxy) is 2. The predicted octanol–water partition coefficient (Wildman–Crippen LogP) is 2.21. The van der Waals surface area contributed by atoms with Gasteiger partial charge in [-0.1, -0.05) is 13.3 Å². The molecule has 1 aliphatic carbocycles.